The monoisotopic (exact) mass is 454 g/mol. The van der Waals surface area contributed by atoms with E-state index in [-0.39, 0.29) is 30.8 Å². The summed E-state index contributed by atoms with van der Waals surface area (Å²) in [5.41, 5.74) is 1.67. The molecular weight excluding hydrogens is 428 g/mol. The summed E-state index contributed by atoms with van der Waals surface area (Å²) >= 11 is 1.62. The van der Waals surface area contributed by atoms with Gasteiger partial charge in [0.2, 0.25) is 5.91 Å². The number of esters is 1. The Bertz CT molecular complexity index is 1010. The maximum atomic E-state index is 12.7. The summed E-state index contributed by atoms with van der Waals surface area (Å²) in [6.45, 7) is 2.31. The number of anilines is 1. The number of nitrogens with zero attached hydrogens (tertiary/aromatic N) is 1. The number of benzene rings is 2. The fourth-order valence-corrected chi connectivity index (χ4v) is 4.39. The number of carbonyl (C=O) groups is 3. The normalized spacial score (nSPS) is 20.8. The molecule has 168 valence electrons. The van der Waals surface area contributed by atoms with Gasteiger partial charge < -0.3 is 19.7 Å². The lowest BCUT2D eigenvalue weighted by atomic mass is 10.0. The number of hydrogen-bond acceptors (Lipinski definition) is 6. The highest BCUT2D eigenvalue weighted by Gasteiger charge is 2.37. The molecule has 1 fully saturated rings. The molecular formula is C24H26N2O5S. The Morgan fingerprint density at radius 3 is 2.69 bits per heavy atom. The lowest BCUT2D eigenvalue weighted by molar-refractivity contribution is -0.158. The summed E-state index contributed by atoms with van der Waals surface area (Å²) in [7, 11) is 0. The first kappa shape index (κ1) is 22.2. The van der Waals surface area contributed by atoms with E-state index >= 15 is 0 Å². The zero-order valence-corrected chi connectivity index (χ0v) is 18.9. The first-order valence-electron chi connectivity index (χ1n) is 10.6. The maximum Gasteiger partial charge on any atom is 0.312 e. The fraction of sp³-hybridized carbons (Fsp3) is 0.375. The smallest absolute Gasteiger partial charge is 0.312 e. The molecule has 8 heteroatoms. The van der Waals surface area contributed by atoms with Gasteiger partial charge in [-0.1, -0.05) is 18.2 Å². The topological polar surface area (TPSA) is 84.9 Å². The van der Waals surface area contributed by atoms with E-state index in [0.29, 0.717) is 13.0 Å². The number of para-hydroxylation sites is 1. The second-order valence-corrected chi connectivity index (χ2v) is 8.80. The number of nitrogens with one attached hydrogen (secondary N) is 1. The van der Waals surface area contributed by atoms with Crippen LogP contribution in [0.4, 0.5) is 5.69 Å². The van der Waals surface area contributed by atoms with E-state index in [1.807, 2.05) is 54.8 Å². The Morgan fingerprint density at radius 1 is 1.19 bits per heavy atom. The van der Waals surface area contributed by atoms with Gasteiger partial charge in [0.05, 0.1) is 18.6 Å². The van der Waals surface area contributed by atoms with Gasteiger partial charge in [0.25, 0.3) is 5.91 Å². The summed E-state index contributed by atoms with van der Waals surface area (Å²) in [6, 6.07) is 15.0. The number of fused-ring (bicyclic) bond motifs is 1. The lowest BCUT2D eigenvalue weighted by Gasteiger charge is -2.27. The summed E-state index contributed by atoms with van der Waals surface area (Å²) in [5, 5.41) is 2.95. The first-order valence-corrected chi connectivity index (χ1v) is 11.9. The molecule has 2 aromatic carbocycles. The van der Waals surface area contributed by atoms with Crippen LogP contribution in [0, 0.1) is 5.92 Å². The molecule has 32 heavy (non-hydrogen) atoms. The molecule has 0 aromatic heterocycles. The van der Waals surface area contributed by atoms with Crippen LogP contribution in [-0.2, 0) is 19.1 Å². The van der Waals surface area contributed by atoms with Gasteiger partial charge in [-0.15, -0.1) is 11.8 Å². The van der Waals surface area contributed by atoms with Crippen LogP contribution in [0.1, 0.15) is 31.4 Å². The Morgan fingerprint density at radius 2 is 1.94 bits per heavy atom. The van der Waals surface area contributed by atoms with Crippen molar-refractivity contribution in [3.63, 3.8) is 0 Å². The number of rotatable bonds is 6. The van der Waals surface area contributed by atoms with Crippen LogP contribution in [0.25, 0.3) is 0 Å². The van der Waals surface area contributed by atoms with Crippen LogP contribution in [-0.4, -0.2) is 43.3 Å². The van der Waals surface area contributed by atoms with Gasteiger partial charge in [-0.25, -0.2) is 0 Å². The molecule has 2 aliphatic rings. The number of amides is 2. The molecule has 3 atom stereocenters. The van der Waals surface area contributed by atoms with Gasteiger partial charge in [-0.3, -0.25) is 14.4 Å². The third-order valence-corrected chi connectivity index (χ3v) is 6.52. The standard InChI is InChI=1S/C24H26N2O5S/c1-15(23(28)25-20-11-12-30-21-6-4-3-5-19(20)21)31-24(29)16-13-22(27)26(14-16)17-7-9-18(32-2)10-8-17/h3-10,15-16,20H,11-14H2,1-2H3,(H,25,28). The van der Waals surface area contributed by atoms with Crippen molar-refractivity contribution in [1.29, 1.82) is 0 Å². The van der Waals surface area contributed by atoms with E-state index in [0.717, 1.165) is 21.9 Å². The van der Waals surface area contributed by atoms with Gasteiger partial charge in [0.1, 0.15) is 5.75 Å². The van der Waals surface area contributed by atoms with Crippen LogP contribution < -0.4 is 15.0 Å². The highest BCUT2D eigenvalue weighted by atomic mass is 32.2. The van der Waals surface area contributed by atoms with E-state index in [1.54, 1.807) is 23.6 Å². The molecule has 0 saturated carbocycles. The summed E-state index contributed by atoms with van der Waals surface area (Å²) < 4.78 is 11.1. The van der Waals surface area contributed by atoms with Crippen LogP contribution in [0.5, 0.6) is 5.75 Å². The van der Waals surface area contributed by atoms with Gasteiger partial charge in [0.15, 0.2) is 6.10 Å². The number of thioether (sulfide) groups is 1. The van der Waals surface area contributed by atoms with Crippen molar-refractivity contribution < 1.29 is 23.9 Å². The van der Waals surface area contributed by atoms with E-state index in [2.05, 4.69) is 5.32 Å². The number of carbonyl (C=O) groups excluding carboxylic acids is 3. The van der Waals surface area contributed by atoms with Crippen molar-refractivity contribution in [3.05, 3.63) is 54.1 Å². The molecule has 3 unspecified atom stereocenters. The van der Waals surface area contributed by atoms with Crippen molar-refractivity contribution in [2.75, 3.05) is 24.3 Å². The SMILES string of the molecule is CSc1ccc(N2CC(C(=O)OC(C)C(=O)NC3CCOc4ccccc43)CC2=O)cc1. The van der Waals surface area contributed by atoms with Crippen molar-refractivity contribution >= 4 is 35.2 Å². The predicted octanol–water partition coefficient (Wildman–Crippen LogP) is 3.33. The highest BCUT2D eigenvalue weighted by Crippen LogP contribution is 2.32. The fourth-order valence-electron chi connectivity index (χ4n) is 3.98. The molecule has 2 amide bonds. The van der Waals surface area contributed by atoms with Crippen molar-refractivity contribution in [2.24, 2.45) is 5.92 Å². The Kier molecular flexibility index (Phi) is 6.69. The quantitative estimate of drug-likeness (QED) is 0.532. The molecule has 2 heterocycles. The average molecular weight is 455 g/mol. The first-order chi connectivity index (χ1) is 15.5. The van der Waals surface area contributed by atoms with E-state index < -0.39 is 18.0 Å². The van der Waals surface area contributed by atoms with Gasteiger partial charge >= 0.3 is 5.97 Å². The molecule has 7 nitrogen and oxygen atoms in total. The van der Waals surface area contributed by atoms with Crippen LogP contribution >= 0.6 is 11.8 Å². The van der Waals surface area contributed by atoms with Crippen molar-refractivity contribution in [2.45, 2.75) is 36.8 Å². The third kappa shape index (κ3) is 4.75. The minimum atomic E-state index is -0.956. The van der Waals surface area contributed by atoms with Gasteiger partial charge in [0, 0.05) is 35.5 Å². The van der Waals surface area contributed by atoms with Crippen LogP contribution in [0.2, 0.25) is 0 Å². The van der Waals surface area contributed by atoms with Gasteiger partial charge in [-0.2, -0.15) is 0 Å². The molecule has 4 rings (SSSR count). The number of ether oxygens (including phenoxy) is 2. The zero-order chi connectivity index (χ0) is 22.7. The molecule has 0 bridgehead atoms. The van der Waals surface area contributed by atoms with E-state index in [1.165, 1.54) is 0 Å². The minimum absolute atomic E-state index is 0.0742. The molecule has 0 spiro atoms. The molecule has 1 saturated heterocycles. The average Bonchev–Trinajstić information content (AvgIpc) is 3.21. The molecule has 2 aromatic rings. The largest absolute Gasteiger partial charge is 0.493 e. The molecule has 0 aliphatic carbocycles. The second kappa shape index (κ2) is 9.65. The minimum Gasteiger partial charge on any atom is -0.493 e. The Balaban J connectivity index is 1.33. The van der Waals surface area contributed by atoms with Crippen LogP contribution in [0.3, 0.4) is 0 Å². The zero-order valence-electron chi connectivity index (χ0n) is 18.1. The Hall–Kier alpha value is -3.00. The maximum absolute atomic E-state index is 12.7. The summed E-state index contributed by atoms with van der Waals surface area (Å²) in [5.74, 6) is -0.865. The van der Waals surface area contributed by atoms with Crippen molar-refractivity contribution in [3.8, 4) is 5.75 Å². The van der Waals surface area contributed by atoms with Gasteiger partial charge in [-0.05, 0) is 43.5 Å². The lowest BCUT2D eigenvalue weighted by Crippen LogP contribution is -2.40. The summed E-state index contributed by atoms with van der Waals surface area (Å²) in [4.78, 5) is 40.5. The van der Waals surface area contributed by atoms with E-state index in [9.17, 15) is 14.4 Å². The molecule has 0 radical (unpaired) electrons. The Labute approximate surface area is 191 Å². The number of hydrogen-bond donors (Lipinski definition) is 1. The van der Waals surface area contributed by atoms with E-state index in [4.69, 9.17) is 9.47 Å². The summed E-state index contributed by atoms with van der Waals surface area (Å²) in [6.07, 6.45) is 1.75. The predicted molar refractivity (Wildman–Crippen MR) is 122 cm³/mol. The van der Waals surface area contributed by atoms with Crippen LogP contribution in [0.15, 0.2) is 53.4 Å². The third-order valence-electron chi connectivity index (χ3n) is 5.78. The molecule has 1 N–H and O–H groups in total. The highest BCUT2D eigenvalue weighted by molar-refractivity contribution is 7.98. The second-order valence-electron chi connectivity index (χ2n) is 7.92. The van der Waals surface area contributed by atoms with Crippen molar-refractivity contribution in [1.82, 2.24) is 5.32 Å². The molecule has 2 aliphatic heterocycles.